The van der Waals surface area contributed by atoms with Crippen molar-refractivity contribution < 1.29 is 9.90 Å². The van der Waals surface area contributed by atoms with Crippen LogP contribution < -0.4 is 9.80 Å². The molecule has 26 heavy (non-hydrogen) atoms. The molecule has 3 heterocycles. The molecule has 1 aromatic heterocycles. The number of hydrogen-bond donors (Lipinski definition) is 1. The van der Waals surface area contributed by atoms with Crippen LogP contribution in [-0.2, 0) is 4.79 Å². The number of aliphatic hydroxyl groups excluding tert-OH is 1. The third-order valence-electron chi connectivity index (χ3n) is 5.80. The molecule has 0 radical (unpaired) electrons. The molecule has 2 saturated heterocycles. The molecular weight excluding hydrogens is 330 g/mol. The van der Waals surface area contributed by atoms with E-state index in [0.717, 1.165) is 83.0 Å². The van der Waals surface area contributed by atoms with Gasteiger partial charge < -0.3 is 19.8 Å². The van der Waals surface area contributed by atoms with E-state index >= 15 is 0 Å². The van der Waals surface area contributed by atoms with Gasteiger partial charge in [-0.05, 0) is 38.0 Å². The molecule has 0 aromatic carbocycles. The Labute approximate surface area is 155 Å². The number of piperidine rings is 1. The summed E-state index contributed by atoms with van der Waals surface area (Å²) in [7, 11) is 0. The molecule has 0 spiro atoms. The average molecular weight is 359 g/mol. The molecule has 3 fully saturated rings. The summed E-state index contributed by atoms with van der Waals surface area (Å²) >= 11 is 0. The summed E-state index contributed by atoms with van der Waals surface area (Å²) < 4.78 is 0. The highest BCUT2D eigenvalue weighted by atomic mass is 16.3. The van der Waals surface area contributed by atoms with Crippen LogP contribution in [0.2, 0.25) is 0 Å². The van der Waals surface area contributed by atoms with Gasteiger partial charge in [0.1, 0.15) is 18.0 Å². The number of aromatic nitrogens is 2. The number of hydrogen-bond acceptors (Lipinski definition) is 6. The fourth-order valence-electron chi connectivity index (χ4n) is 4.06. The van der Waals surface area contributed by atoms with Crippen LogP contribution in [-0.4, -0.2) is 71.8 Å². The number of amides is 1. The van der Waals surface area contributed by atoms with Crippen molar-refractivity contribution in [2.45, 2.75) is 32.1 Å². The molecule has 4 rings (SSSR count). The highest BCUT2D eigenvalue weighted by Gasteiger charge is 2.34. The molecule has 3 aliphatic rings. The van der Waals surface area contributed by atoms with Gasteiger partial charge in [0.2, 0.25) is 5.91 Å². The number of nitrogens with zero attached hydrogens (tertiary/aromatic N) is 5. The minimum Gasteiger partial charge on any atom is -0.396 e. The standard InChI is InChI=1S/C19H29N5O2/c25-13-15-3-1-6-24(12-15)18-11-17(20-14-21-18)22-7-2-8-23(10-9-22)19(26)16-4-5-16/h11,14-16,25H,1-10,12-13H2. The maximum Gasteiger partial charge on any atom is 0.225 e. The Kier molecular flexibility index (Phi) is 5.24. The highest BCUT2D eigenvalue weighted by molar-refractivity contribution is 5.81. The fourth-order valence-corrected chi connectivity index (χ4v) is 4.06. The lowest BCUT2D eigenvalue weighted by Crippen LogP contribution is -2.38. The fraction of sp³-hybridized carbons (Fsp3) is 0.737. The van der Waals surface area contributed by atoms with E-state index in [1.54, 1.807) is 6.33 Å². The number of aliphatic hydroxyl groups is 1. The maximum absolute atomic E-state index is 12.3. The van der Waals surface area contributed by atoms with Crippen LogP contribution in [0.5, 0.6) is 0 Å². The second kappa shape index (κ2) is 7.78. The van der Waals surface area contributed by atoms with Crippen LogP contribution in [0.3, 0.4) is 0 Å². The molecule has 142 valence electrons. The van der Waals surface area contributed by atoms with Crippen LogP contribution in [0.15, 0.2) is 12.4 Å². The van der Waals surface area contributed by atoms with E-state index < -0.39 is 0 Å². The van der Waals surface area contributed by atoms with Crippen LogP contribution >= 0.6 is 0 Å². The van der Waals surface area contributed by atoms with Crippen molar-refractivity contribution in [2.24, 2.45) is 11.8 Å². The van der Waals surface area contributed by atoms with Gasteiger partial charge in [-0.1, -0.05) is 0 Å². The Balaban J connectivity index is 1.42. The SMILES string of the molecule is O=C(C1CC1)N1CCCN(c2cc(N3CCCC(CO)C3)ncn2)CC1. The predicted octanol–water partition coefficient (Wildman–Crippen LogP) is 1.13. The Morgan fingerprint density at radius 3 is 2.54 bits per heavy atom. The van der Waals surface area contributed by atoms with Crippen LogP contribution in [0, 0.1) is 11.8 Å². The van der Waals surface area contributed by atoms with Crippen molar-refractivity contribution in [1.29, 1.82) is 0 Å². The lowest BCUT2D eigenvalue weighted by Gasteiger charge is -2.33. The van der Waals surface area contributed by atoms with E-state index in [0.29, 0.717) is 17.7 Å². The largest absolute Gasteiger partial charge is 0.396 e. The van der Waals surface area contributed by atoms with Crippen molar-refractivity contribution in [2.75, 3.05) is 55.7 Å². The zero-order valence-corrected chi connectivity index (χ0v) is 15.4. The minimum absolute atomic E-state index is 0.241. The van der Waals surface area contributed by atoms with E-state index in [1.165, 1.54) is 0 Å². The van der Waals surface area contributed by atoms with Crippen molar-refractivity contribution in [3.8, 4) is 0 Å². The lowest BCUT2D eigenvalue weighted by molar-refractivity contribution is -0.132. The summed E-state index contributed by atoms with van der Waals surface area (Å²) in [6.45, 7) is 5.47. The number of carbonyl (C=O) groups is 1. The van der Waals surface area contributed by atoms with Crippen molar-refractivity contribution in [1.82, 2.24) is 14.9 Å². The van der Waals surface area contributed by atoms with Crippen molar-refractivity contribution in [3.63, 3.8) is 0 Å². The average Bonchev–Trinajstić information content (AvgIpc) is 3.54. The molecule has 1 atom stereocenters. The third kappa shape index (κ3) is 3.92. The molecule has 1 aromatic rings. The first-order valence-electron chi connectivity index (χ1n) is 9.96. The van der Waals surface area contributed by atoms with Gasteiger partial charge in [0, 0.05) is 57.9 Å². The summed E-state index contributed by atoms with van der Waals surface area (Å²) in [5.74, 6) is 2.87. The summed E-state index contributed by atoms with van der Waals surface area (Å²) in [6, 6.07) is 2.07. The summed E-state index contributed by atoms with van der Waals surface area (Å²) in [5.41, 5.74) is 0. The quantitative estimate of drug-likeness (QED) is 0.869. The number of rotatable bonds is 4. The highest BCUT2D eigenvalue weighted by Crippen LogP contribution is 2.31. The Bertz CT molecular complexity index is 636. The molecule has 7 heteroatoms. The molecule has 1 unspecified atom stereocenters. The molecule has 1 amide bonds. The van der Waals surface area contributed by atoms with Gasteiger partial charge in [-0.25, -0.2) is 9.97 Å². The van der Waals surface area contributed by atoms with Crippen LogP contribution in [0.1, 0.15) is 32.1 Å². The first-order chi connectivity index (χ1) is 12.7. The number of carbonyl (C=O) groups excluding carboxylic acids is 1. The zero-order chi connectivity index (χ0) is 17.9. The first kappa shape index (κ1) is 17.5. The minimum atomic E-state index is 0.241. The van der Waals surface area contributed by atoms with Gasteiger partial charge in [-0.3, -0.25) is 4.79 Å². The summed E-state index contributed by atoms with van der Waals surface area (Å²) in [6.07, 6.45) is 6.94. The van der Waals surface area contributed by atoms with E-state index in [1.807, 2.05) is 4.90 Å². The van der Waals surface area contributed by atoms with E-state index in [2.05, 4.69) is 25.8 Å². The molecule has 7 nitrogen and oxygen atoms in total. The van der Waals surface area contributed by atoms with Gasteiger partial charge in [-0.2, -0.15) is 0 Å². The summed E-state index contributed by atoms with van der Waals surface area (Å²) in [5, 5.41) is 9.46. The van der Waals surface area contributed by atoms with Gasteiger partial charge in [0.25, 0.3) is 0 Å². The third-order valence-corrected chi connectivity index (χ3v) is 5.80. The molecule has 1 aliphatic carbocycles. The Hall–Kier alpha value is -1.89. The van der Waals surface area contributed by atoms with Gasteiger partial charge in [0.15, 0.2) is 0 Å². The van der Waals surface area contributed by atoms with Crippen LogP contribution in [0.4, 0.5) is 11.6 Å². The molecule has 1 saturated carbocycles. The maximum atomic E-state index is 12.3. The Morgan fingerprint density at radius 1 is 1.00 bits per heavy atom. The molecule has 1 N–H and O–H groups in total. The number of anilines is 2. The van der Waals surface area contributed by atoms with Crippen molar-refractivity contribution in [3.05, 3.63) is 12.4 Å². The van der Waals surface area contributed by atoms with Gasteiger partial charge in [-0.15, -0.1) is 0 Å². The van der Waals surface area contributed by atoms with E-state index in [4.69, 9.17) is 0 Å². The predicted molar refractivity (Wildman–Crippen MR) is 100 cm³/mol. The van der Waals surface area contributed by atoms with Gasteiger partial charge in [0.05, 0.1) is 0 Å². The smallest absolute Gasteiger partial charge is 0.225 e. The normalized spacial score (nSPS) is 24.5. The van der Waals surface area contributed by atoms with Crippen LogP contribution in [0.25, 0.3) is 0 Å². The first-order valence-corrected chi connectivity index (χ1v) is 9.96. The monoisotopic (exact) mass is 359 g/mol. The zero-order valence-electron chi connectivity index (χ0n) is 15.4. The molecule has 2 aliphatic heterocycles. The van der Waals surface area contributed by atoms with E-state index in [9.17, 15) is 9.90 Å². The van der Waals surface area contributed by atoms with E-state index in [-0.39, 0.29) is 6.61 Å². The molecule has 0 bridgehead atoms. The Morgan fingerprint density at radius 2 is 1.77 bits per heavy atom. The molecular formula is C19H29N5O2. The second-order valence-corrected chi connectivity index (χ2v) is 7.81. The lowest BCUT2D eigenvalue weighted by atomic mass is 9.99. The van der Waals surface area contributed by atoms with Crippen molar-refractivity contribution >= 4 is 17.5 Å². The van der Waals surface area contributed by atoms with Gasteiger partial charge >= 0.3 is 0 Å². The topological polar surface area (TPSA) is 72.8 Å². The summed E-state index contributed by atoms with van der Waals surface area (Å²) in [4.78, 5) is 27.9. The second-order valence-electron chi connectivity index (χ2n) is 7.81.